The van der Waals surface area contributed by atoms with Crippen molar-refractivity contribution in [2.75, 3.05) is 0 Å². The van der Waals surface area contributed by atoms with E-state index in [1.54, 1.807) is 18.2 Å². The van der Waals surface area contributed by atoms with Gasteiger partial charge in [-0.05, 0) is 66.2 Å². The molecule has 0 fully saturated rings. The summed E-state index contributed by atoms with van der Waals surface area (Å²) in [6.45, 7) is 1.94. The highest BCUT2D eigenvalue weighted by Crippen LogP contribution is 2.34. The van der Waals surface area contributed by atoms with Crippen LogP contribution < -0.4 is 4.74 Å². The first-order valence-electron chi connectivity index (χ1n) is 12.2. The molecule has 184 valence electrons. The molecule has 1 heterocycles. The van der Waals surface area contributed by atoms with Crippen LogP contribution in [0.5, 0.6) is 5.75 Å². The molecule has 0 unspecified atom stereocenters. The first-order chi connectivity index (χ1) is 18.5. The highest BCUT2D eigenvalue weighted by atomic mass is 79.9. The first-order valence-corrected chi connectivity index (χ1v) is 13.0. The lowest BCUT2D eigenvalue weighted by Crippen LogP contribution is -2.09. The van der Waals surface area contributed by atoms with Crippen molar-refractivity contribution in [3.05, 3.63) is 142 Å². The fraction of sp³-hybridized carbons (Fsp3) is 0.0303. The molecule has 0 aliphatic rings. The largest absolute Gasteiger partial charge is 0.423 e. The van der Waals surface area contributed by atoms with Gasteiger partial charge in [-0.25, -0.2) is 4.79 Å². The van der Waals surface area contributed by atoms with Crippen LogP contribution in [0, 0.1) is 6.92 Å². The number of nitrogens with zero attached hydrogens (tertiary/aromatic N) is 1. The topological polar surface area (TPSA) is 48.3 Å². The summed E-state index contributed by atoms with van der Waals surface area (Å²) in [5.41, 5.74) is 4.28. The second kappa shape index (κ2) is 9.77. The Kier molecular flexibility index (Phi) is 6.14. The summed E-state index contributed by atoms with van der Waals surface area (Å²) in [5, 5.41) is 2.52. The molecular formula is C33H22BrNO3. The molecule has 0 bridgehead atoms. The summed E-state index contributed by atoms with van der Waals surface area (Å²) >= 11 is 3.50. The summed E-state index contributed by atoms with van der Waals surface area (Å²) in [7, 11) is 0. The molecule has 0 aliphatic carbocycles. The van der Waals surface area contributed by atoms with Gasteiger partial charge < -0.3 is 9.30 Å². The normalized spacial score (nSPS) is 11.1. The molecule has 0 saturated heterocycles. The zero-order valence-electron chi connectivity index (χ0n) is 20.5. The number of esters is 1. The zero-order chi connectivity index (χ0) is 26.2. The molecule has 5 heteroatoms. The first kappa shape index (κ1) is 23.9. The number of fused-ring (bicyclic) bond motifs is 2. The molecule has 0 atom stereocenters. The number of carbonyl (C=O) groups is 2. The minimum Gasteiger partial charge on any atom is -0.423 e. The van der Waals surface area contributed by atoms with Crippen LogP contribution in [0.15, 0.2) is 120 Å². The van der Waals surface area contributed by atoms with Crippen molar-refractivity contribution in [1.29, 1.82) is 0 Å². The second-order valence-electron chi connectivity index (χ2n) is 9.06. The van der Waals surface area contributed by atoms with E-state index >= 15 is 0 Å². The highest BCUT2D eigenvalue weighted by molar-refractivity contribution is 9.10. The van der Waals surface area contributed by atoms with Gasteiger partial charge in [-0.15, -0.1) is 0 Å². The Morgan fingerprint density at radius 1 is 0.737 bits per heavy atom. The van der Waals surface area contributed by atoms with E-state index in [0.717, 1.165) is 37.5 Å². The number of hydrogen-bond acceptors (Lipinski definition) is 3. The van der Waals surface area contributed by atoms with Crippen molar-refractivity contribution < 1.29 is 14.3 Å². The van der Waals surface area contributed by atoms with Crippen LogP contribution in [-0.4, -0.2) is 16.3 Å². The predicted octanol–water partition coefficient (Wildman–Crippen LogP) is 8.30. The summed E-state index contributed by atoms with van der Waals surface area (Å²) in [6, 6.07) is 35.9. The number of carbonyl (C=O) groups excluding carboxylic acids is 2. The molecule has 6 rings (SSSR count). The zero-order valence-corrected chi connectivity index (χ0v) is 22.1. The molecule has 38 heavy (non-hydrogen) atoms. The van der Waals surface area contributed by atoms with Crippen LogP contribution >= 0.6 is 15.9 Å². The maximum absolute atomic E-state index is 13.8. The Hall–Kier alpha value is -4.48. The van der Waals surface area contributed by atoms with E-state index in [9.17, 15) is 9.59 Å². The number of aromatic nitrogens is 1. The van der Waals surface area contributed by atoms with E-state index in [2.05, 4.69) is 20.5 Å². The van der Waals surface area contributed by atoms with Crippen LogP contribution in [0.2, 0.25) is 0 Å². The molecule has 1 aromatic heterocycles. The fourth-order valence-corrected chi connectivity index (χ4v) is 5.23. The summed E-state index contributed by atoms with van der Waals surface area (Å²) in [4.78, 5) is 27.0. The Labute approximate surface area is 228 Å². The number of ether oxygens (including phenoxy) is 1. The number of rotatable bonds is 5. The van der Waals surface area contributed by atoms with Gasteiger partial charge in [0.2, 0.25) is 0 Å². The number of ketones is 1. The van der Waals surface area contributed by atoms with Gasteiger partial charge in [-0.3, -0.25) is 4.79 Å². The summed E-state index contributed by atoms with van der Waals surface area (Å²) in [6.07, 6.45) is 0. The predicted molar refractivity (Wildman–Crippen MR) is 154 cm³/mol. The molecule has 0 N–H and O–H groups in total. The number of hydrogen-bond donors (Lipinski definition) is 0. The summed E-state index contributed by atoms with van der Waals surface area (Å²) in [5.74, 6) is -0.145. The van der Waals surface area contributed by atoms with E-state index in [-0.39, 0.29) is 5.78 Å². The third-order valence-corrected chi connectivity index (χ3v) is 7.27. The Bertz CT molecular complexity index is 1830. The van der Waals surface area contributed by atoms with Crippen LogP contribution in [0.1, 0.15) is 32.0 Å². The van der Waals surface area contributed by atoms with Gasteiger partial charge in [0.05, 0.1) is 16.6 Å². The van der Waals surface area contributed by atoms with Gasteiger partial charge in [0, 0.05) is 26.8 Å². The molecule has 6 aromatic rings. The van der Waals surface area contributed by atoms with Crippen molar-refractivity contribution in [2.24, 2.45) is 0 Å². The van der Waals surface area contributed by atoms with Gasteiger partial charge >= 0.3 is 5.97 Å². The average Bonchev–Trinajstić information content (AvgIpc) is 3.24. The molecule has 0 radical (unpaired) electrons. The van der Waals surface area contributed by atoms with Crippen molar-refractivity contribution in [3.63, 3.8) is 0 Å². The van der Waals surface area contributed by atoms with Crippen LogP contribution in [0.4, 0.5) is 0 Å². The van der Waals surface area contributed by atoms with E-state index in [0.29, 0.717) is 22.4 Å². The van der Waals surface area contributed by atoms with Crippen molar-refractivity contribution >= 4 is 49.4 Å². The lowest BCUT2D eigenvalue weighted by atomic mass is 10.0. The second-order valence-corrected chi connectivity index (χ2v) is 9.98. The van der Waals surface area contributed by atoms with Crippen LogP contribution in [0.25, 0.3) is 27.4 Å². The molecule has 0 spiro atoms. The minimum absolute atomic E-state index is 0.0820. The molecule has 4 nitrogen and oxygen atoms in total. The third-order valence-electron chi connectivity index (χ3n) is 6.74. The van der Waals surface area contributed by atoms with E-state index < -0.39 is 5.97 Å². The molecular weight excluding hydrogens is 538 g/mol. The van der Waals surface area contributed by atoms with Gasteiger partial charge in [0.25, 0.3) is 0 Å². The third kappa shape index (κ3) is 4.21. The molecule has 0 amide bonds. The molecule has 0 saturated carbocycles. The van der Waals surface area contributed by atoms with Gasteiger partial charge in [0.1, 0.15) is 5.75 Å². The average molecular weight is 560 g/mol. The van der Waals surface area contributed by atoms with Gasteiger partial charge in [-0.1, -0.05) is 82.7 Å². The van der Waals surface area contributed by atoms with Crippen LogP contribution in [0.3, 0.4) is 0 Å². The van der Waals surface area contributed by atoms with E-state index in [4.69, 9.17) is 4.74 Å². The van der Waals surface area contributed by atoms with Crippen molar-refractivity contribution in [3.8, 4) is 11.4 Å². The van der Waals surface area contributed by atoms with Gasteiger partial charge in [-0.2, -0.15) is 0 Å². The standard InChI is InChI=1S/C33H22BrNO3/c1-21-31(32(36)23-9-3-2-4-10-23)29-20-26(18-19-30(29)35(21)25-16-14-24(34)15-17-25)38-33(37)28-13-7-11-22-8-5-6-12-27(22)28/h2-20H,1H3. The maximum Gasteiger partial charge on any atom is 0.344 e. The smallest absolute Gasteiger partial charge is 0.344 e. The molecule has 5 aromatic carbocycles. The Morgan fingerprint density at radius 3 is 2.24 bits per heavy atom. The summed E-state index contributed by atoms with van der Waals surface area (Å²) < 4.78 is 8.90. The Balaban J connectivity index is 1.48. The maximum atomic E-state index is 13.8. The highest BCUT2D eigenvalue weighted by Gasteiger charge is 2.23. The van der Waals surface area contributed by atoms with E-state index in [1.165, 1.54) is 0 Å². The lowest BCUT2D eigenvalue weighted by molar-refractivity contribution is 0.0737. The Morgan fingerprint density at radius 2 is 1.45 bits per heavy atom. The quantitative estimate of drug-likeness (QED) is 0.121. The van der Waals surface area contributed by atoms with Crippen LogP contribution in [-0.2, 0) is 0 Å². The van der Waals surface area contributed by atoms with E-state index in [1.807, 2.05) is 104 Å². The molecule has 0 aliphatic heterocycles. The SMILES string of the molecule is Cc1c(C(=O)c2ccccc2)c2cc(OC(=O)c3cccc4ccccc34)ccc2n1-c1ccc(Br)cc1. The minimum atomic E-state index is -0.443. The lowest BCUT2D eigenvalue weighted by Gasteiger charge is -2.10. The van der Waals surface area contributed by atoms with Crippen molar-refractivity contribution in [2.45, 2.75) is 6.92 Å². The van der Waals surface area contributed by atoms with Gasteiger partial charge in [0.15, 0.2) is 5.78 Å². The number of benzene rings is 5. The van der Waals surface area contributed by atoms with Crippen molar-refractivity contribution in [1.82, 2.24) is 4.57 Å². The number of halogens is 1. The monoisotopic (exact) mass is 559 g/mol. The fourth-order valence-electron chi connectivity index (χ4n) is 4.97.